The van der Waals surface area contributed by atoms with Crippen molar-refractivity contribution < 1.29 is 24.0 Å². The number of hydrogen-bond donors (Lipinski definition) is 1. The third-order valence-electron chi connectivity index (χ3n) is 5.38. The molecular formula is C23H25N3O6. The number of piperidine rings is 1. The first kappa shape index (κ1) is 22.9. The molecule has 0 unspecified atom stereocenters. The van der Waals surface area contributed by atoms with Crippen LogP contribution < -0.4 is 5.32 Å². The number of rotatable bonds is 6. The Morgan fingerprint density at radius 1 is 1.19 bits per heavy atom. The molecule has 0 aliphatic carbocycles. The Hall–Kier alpha value is -3.75. The van der Waals surface area contributed by atoms with Crippen molar-refractivity contribution in [2.75, 3.05) is 18.4 Å². The number of carbonyl (C=O) groups excluding carboxylic acids is 3. The summed E-state index contributed by atoms with van der Waals surface area (Å²) in [6.07, 6.45) is -0.0796. The third kappa shape index (κ3) is 5.48. The SMILES string of the molecule is CC(=O)N1CCC[C@H](C(=O)O[C@@H](C(=O)Nc2ccc(C)cc2[N+](=O)[O-])c2ccccc2)C1. The zero-order valence-corrected chi connectivity index (χ0v) is 17.9. The fourth-order valence-corrected chi connectivity index (χ4v) is 3.67. The molecule has 1 aliphatic heterocycles. The number of amides is 2. The van der Waals surface area contributed by atoms with Gasteiger partial charge in [0.05, 0.1) is 10.8 Å². The van der Waals surface area contributed by atoms with E-state index in [2.05, 4.69) is 5.32 Å². The maximum absolute atomic E-state index is 13.1. The van der Waals surface area contributed by atoms with Crippen LogP contribution in [0.15, 0.2) is 48.5 Å². The number of nitrogens with one attached hydrogen (secondary N) is 1. The van der Waals surface area contributed by atoms with Crippen molar-refractivity contribution in [3.05, 3.63) is 69.8 Å². The Kier molecular flexibility index (Phi) is 7.19. The molecule has 0 spiro atoms. The van der Waals surface area contributed by atoms with E-state index in [-0.39, 0.29) is 23.8 Å². The minimum Gasteiger partial charge on any atom is -0.447 e. The van der Waals surface area contributed by atoms with Gasteiger partial charge in [0.15, 0.2) is 0 Å². The van der Waals surface area contributed by atoms with Crippen LogP contribution in [0.2, 0.25) is 0 Å². The van der Waals surface area contributed by atoms with Gasteiger partial charge in [0, 0.05) is 31.6 Å². The molecule has 9 nitrogen and oxygen atoms in total. The summed E-state index contributed by atoms with van der Waals surface area (Å²) in [7, 11) is 0. The van der Waals surface area contributed by atoms with Gasteiger partial charge in [-0.3, -0.25) is 24.5 Å². The van der Waals surface area contributed by atoms with E-state index in [0.717, 1.165) is 0 Å². The number of nitro groups is 1. The molecule has 32 heavy (non-hydrogen) atoms. The summed E-state index contributed by atoms with van der Waals surface area (Å²) in [5, 5.41) is 13.9. The summed E-state index contributed by atoms with van der Waals surface area (Å²) in [4.78, 5) is 50.1. The predicted molar refractivity (Wildman–Crippen MR) is 117 cm³/mol. The van der Waals surface area contributed by atoms with E-state index in [0.29, 0.717) is 30.5 Å². The second-order valence-electron chi connectivity index (χ2n) is 7.80. The molecule has 1 heterocycles. The highest BCUT2D eigenvalue weighted by molar-refractivity contribution is 5.98. The molecule has 0 bridgehead atoms. The maximum Gasteiger partial charge on any atom is 0.311 e. The number of carbonyl (C=O) groups is 3. The van der Waals surface area contributed by atoms with Crippen LogP contribution in [0.4, 0.5) is 11.4 Å². The van der Waals surface area contributed by atoms with Gasteiger partial charge in [-0.25, -0.2) is 0 Å². The number of esters is 1. The smallest absolute Gasteiger partial charge is 0.311 e. The average Bonchev–Trinajstić information content (AvgIpc) is 2.78. The monoisotopic (exact) mass is 439 g/mol. The molecule has 0 radical (unpaired) electrons. The molecule has 3 rings (SSSR count). The van der Waals surface area contributed by atoms with Crippen LogP contribution in [0.3, 0.4) is 0 Å². The number of nitro benzene ring substituents is 1. The minimum atomic E-state index is -1.29. The largest absolute Gasteiger partial charge is 0.447 e. The molecule has 0 aromatic heterocycles. The molecule has 1 saturated heterocycles. The van der Waals surface area contributed by atoms with E-state index in [1.807, 2.05) is 0 Å². The summed E-state index contributed by atoms with van der Waals surface area (Å²) in [6.45, 7) is 3.98. The van der Waals surface area contributed by atoms with E-state index in [1.165, 1.54) is 19.1 Å². The van der Waals surface area contributed by atoms with Crippen LogP contribution in [-0.4, -0.2) is 40.7 Å². The first-order valence-corrected chi connectivity index (χ1v) is 10.3. The Morgan fingerprint density at radius 3 is 2.56 bits per heavy atom. The van der Waals surface area contributed by atoms with E-state index in [1.54, 1.807) is 48.2 Å². The van der Waals surface area contributed by atoms with E-state index in [4.69, 9.17) is 4.74 Å². The Labute approximate surface area is 185 Å². The number of nitrogens with zero attached hydrogens (tertiary/aromatic N) is 2. The Bertz CT molecular complexity index is 1020. The van der Waals surface area contributed by atoms with Gasteiger partial charge in [-0.15, -0.1) is 0 Å². The molecule has 2 aromatic rings. The summed E-state index contributed by atoms with van der Waals surface area (Å²) in [5.74, 6) is -1.94. The second-order valence-corrected chi connectivity index (χ2v) is 7.80. The molecule has 1 aliphatic rings. The van der Waals surface area contributed by atoms with Crippen molar-refractivity contribution in [2.24, 2.45) is 5.92 Å². The standard InChI is InChI=1S/C23H25N3O6/c1-15-10-11-19(20(13-15)26(30)31)24-22(28)21(17-7-4-3-5-8-17)32-23(29)18-9-6-12-25(14-18)16(2)27/h3-5,7-8,10-11,13,18,21H,6,9,12,14H2,1-2H3,(H,24,28)/t18-,21+/m0/s1. The second kappa shape index (κ2) is 10.0. The number of ether oxygens (including phenoxy) is 1. The molecule has 2 atom stereocenters. The average molecular weight is 439 g/mol. The highest BCUT2D eigenvalue weighted by Gasteiger charge is 2.33. The quantitative estimate of drug-likeness (QED) is 0.419. The van der Waals surface area contributed by atoms with Gasteiger partial charge in [0.2, 0.25) is 12.0 Å². The van der Waals surface area contributed by atoms with Crippen molar-refractivity contribution in [2.45, 2.75) is 32.8 Å². The first-order chi connectivity index (χ1) is 15.3. The molecule has 168 valence electrons. The number of aryl methyl sites for hydroxylation is 1. The number of hydrogen-bond acceptors (Lipinski definition) is 6. The number of benzene rings is 2. The van der Waals surface area contributed by atoms with Crippen molar-refractivity contribution in [3.8, 4) is 0 Å². The van der Waals surface area contributed by atoms with Crippen molar-refractivity contribution in [1.29, 1.82) is 0 Å². The molecule has 0 saturated carbocycles. The van der Waals surface area contributed by atoms with Crippen LogP contribution in [-0.2, 0) is 19.1 Å². The van der Waals surface area contributed by atoms with Crippen molar-refractivity contribution in [3.63, 3.8) is 0 Å². The first-order valence-electron chi connectivity index (χ1n) is 10.3. The maximum atomic E-state index is 13.1. The molecular weight excluding hydrogens is 414 g/mol. The summed E-state index contributed by atoms with van der Waals surface area (Å²) in [5.41, 5.74) is 0.879. The van der Waals surface area contributed by atoms with E-state index >= 15 is 0 Å². The Morgan fingerprint density at radius 2 is 1.91 bits per heavy atom. The molecule has 1 fully saturated rings. The fourth-order valence-electron chi connectivity index (χ4n) is 3.67. The molecule has 9 heteroatoms. The highest BCUT2D eigenvalue weighted by Crippen LogP contribution is 2.29. The van der Waals surface area contributed by atoms with Crippen molar-refractivity contribution in [1.82, 2.24) is 4.90 Å². The molecule has 1 N–H and O–H groups in total. The van der Waals surface area contributed by atoms with Crippen LogP contribution in [0, 0.1) is 23.0 Å². The van der Waals surface area contributed by atoms with E-state index < -0.39 is 28.8 Å². The summed E-state index contributed by atoms with van der Waals surface area (Å²) >= 11 is 0. The molecule has 2 amide bonds. The van der Waals surface area contributed by atoms with Gasteiger partial charge in [-0.1, -0.05) is 36.4 Å². The van der Waals surface area contributed by atoms with Gasteiger partial charge in [0.25, 0.3) is 11.6 Å². The van der Waals surface area contributed by atoms with Crippen molar-refractivity contribution >= 4 is 29.2 Å². The zero-order valence-electron chi connectivity index (χ0n) is 17.9. The van der Waals surface area contributed by atoms with Gasteiger partial charge < -0.3 is 15.0 Å². The van der Waals surface area contributed by atoms with E-state index in [9.17, 15) is 24.5 Å². The van der Waals surface area contributed by atoms with Crippen LogP contribution in [0.25, 0.3) is 0 Å². The fraction of sp³-hybridized carbons (Fsp3) is 0.348. The Balaban J connectivity index is 1.82. The lowest BCUT2D eigenvalue weighted by molar-refractivity contribution is -0.384. The minimum absolute atomic E-state index is 0.0167. The normalized spacial score (nSPS) is 16.7. The van der Waals surface area contributed by atoms with Crippen LogP contribution in [0.1, 0.15) is 37.0 Å². The van der Waals surface area contributed by atoms with Gasteiger partial charge in [-0.2, -0.15) is 0 Å². The summed E-state index contributed by atoms with van der Waals surface area (Å²) in [6, 6.07) is 12.9. The lowest BCUT2D eigenvalue weighted by atomic mass is 9.98. The molecule has 2 aromatic carbocycles. The van der Waals surface area contributed by atoms with Gasteiger partial charge in [-0.05, 0) is 31.4 Å². The number of likely N-dealkylation sites (tertiary alicyclic amines) is 1. The zero-order chi connectivity index (χ0) is 23.3. The predicted octanol–water partition coefficient (Wildman–Crippen LogP) is 3.38. The third-order valence-corrected chi connectivity index (χ3v) is 5.38. The van der Waals surface area contributed by atoms with Crippen LogP contribution in [0.5, 0.6) is 0 Å². The topological polar surface area (TPSA) is 119 Å². The lowest BCUT2D eigenvalue weighted by Crippen LogP contribution is -2.42. The highest BCUT2D eigenvalue weighted by atomic mass is 16.6. The van der Waals surface area contributed by atoms with Crippen LogP contribution >= 0.6 is 0 Å². The van der Waals surface area contributed by atoms with Gasteiger partial charge in [0.1, 0.15) is 5.69 Å². The number of anilines is 1. The van der Waals surface area contributed by atoms with Gasteiger partial charge >= 0.3 is 5.97 Å². The summed E-state index contributed by atoms with van der Waals surface area (Å²) < 4.78 is 5.60. The lowest BCUT2D eigenvalue weighted by Gasteiger charge is -2.31.